The molecule has 0 unspecified atom stereocenters. The number of furan rings is 1. The number of hydrogen-bond donors (Lipinski definition) is 3. The van der Waals surface area contributed by atoms with E-state index in [1.54, 1.807) is 18.4 Å². The van der Waals surface area contributed by atoms with E-state index in [1.165, 1.54) is 23.3 Å². The van der Waals surface area contributed by atoms with Crippen LogP contribution in [0, 0.1) is 6.92 Å². The Morgan fingerprint density at radius 3 is 2.47 bits per heavy atom. The van der Waals surface area contributed by atoms with Crippen LogP contribution >= 0.6 is 0 Å². The van der Waals surface area contributed by atoms with E-state index in [0.717, 1.165) is 17.7 Å². The average Bonchev–Trinajstić information content (AvgIpc) is 3.24. The fourth-order valence-corrected chi connectivity index (χ4v) is 3.39. The van der Waals surface area contributed by atoms with Crippen LogP contribution in [0.1, 0.15) is 22.5 Å². The number of aliphatic imine (C=N–C) groups is 1. The lowest BCUT2D eigenvalue weighted by Gasteiger charge is -2.14. The highest BCUT2D eigenvalue weighted by Crippen LogP contribution is 2.10. The molecule has 7 nitrogen and oxygen atoms in total. The zero-order valence-electron chi connectivity index (χ0n) is 16.8. The van der Waals surface area contributed by atoms with Gasteiger partial charge in [-0.1, -0.05) is 36.4 Å². The van der Waals surface area contributed by atoms with Gasteiger partial charge < -0.3 is 15.1 Å². The number of rotatable bonds is 8. The van der Waals surface area contributed by atoms with Crippen molar-refractivity contribution in [3.05, 3.63) is 89.4 Å². The first-order valence-corrected chi connectivity index (χ1v) is 11.2. The first kappa shape index (κ1) is 21.6. The molecule has 0 radical (unpaired) electrons. The summed E-state index contributed by atoms with van der Waals surface area (Å²) in [6.07, 6.45) is 2.40. The van der Waals surface area contributed by atoms with Crippen LogP contribution in [-0.4, -0.2) is 20.9 Å². The third-order valence-electron chi connectivity index (χ3n) is 4.62. The van der Waals surface area contributed by atoms with Gasteiger partial charge in [0.05, 0.1) is 17.7 Å². The Bertz CT molecular complexity index is 1080. The lowest BCUT2D eigenvalue weighted by atomic mass is 10.1. The van der Waals surface area contributed by atoms with Crippen LogP contribution in [-0.2, 0) is 29.5 Å². The van der Waals surface area contributed by atoms with Crippen LogP contribution in [0.2, 0.25) is 0 Å². The molecule has 158 valence electrons. The number of aryl methyl sites for hydroxylation is 1. The summed E-state index contributed by atoms with van der Waals surface area (Å²) in [5.41, 5.74) is 3.28. The van der Waals surface area contributed by atoms with E-state index < -0.39 is 10.0 Å². The van der Waals surface area contributed by atoms with Crippen LogP contribution < -0.4 is 15.8 Å². The molecule has 0 bridgehead atoms. The first-order chi connectivity index (χ1) is 14.4. The molecule has 8 heteroatoms. The highest BCUT2D eigenvalue weighted by molar-refractivity contribution is 7.89. The Hall–Kier alpha value is -3.10. The molecule has 0 fully saturated rings. The van der Waals surface area contributed by atoms with Crippen LogP contribution in [0.3, 0.4) is 0 Å². The second-order valence-corrected chi connectivity index (χ2v) is 8.45. The highest BCUT2D eigenvalue weighted by atomic mass is 32.2. The van der Waals surface area contributed by atoms with Gasteiger partial charge in [-0.05, 0) is 47.9 Å². The third-order valence-corrected chi connectivity index (χ3v) is 5.55. The number of nitrogens with zero attached hydrogens (tertiary/aromatic N) is 1. The molecule has 3 aromatic rings. The summed E-state index contributed by atoms with van der Waals surface area (Å²) in [5.74, 6) is 1.57. The van der Waals surface area contributed by atoms with E-state index in [4.69, 9.17) is 9.56 Å². The van der Waals surface area contributed by atoms with Gasteiger partial charge in [0.2, 0.25) is 10.0 Å². The minimum atomic E-state index is -3.70. The van der Waals surface area contributed by atoms with Gasteiger partial charge in [-0.3, -0.25) is 0 Å². The van der Waals surface area contributed by atoms with Crippen molar-refractivity contribution in [2.45, 2.75) is 31.3 Å². The van der Waals surface area contributed by atoms with Gasteiger partial charge in [-0.25, -0.2) is 18.5 Å². The summed E-state index contributed by atoms with van der Waals surface area (Å²) in [5, 5.41) is 11.8. The molecule has 0 aliphatic heterocycles. The van der Waals surface area contributed by atoms with Crippen molar-refractivity contribution in [3.63, 3.8) is 0 Å². The monoisotopic (exact) mass is 426 g/mol. The molecule has 2 aromatic carbocycles. The summed E-state index contributed by atoms with van der Waals surface area (Å²) >= 11 is 0. The predicted octanol–water partition coefficient (Wildman–Crippen LogP) is 2.71. The molecule has 1 aromatic heterocycles. The number of primary sulfonamides is 1. The standard InChI is InChI=1S/C22H26N4O3S/c1-17-5-2-3-6-19(17)16-26-22(24-13-12-20-7-4-14-29-20)25-15-18-8-10-21(11-9-18)30(23,27)28/h2-11,14H,12-13,15-16H2,1H3,(H2,23,27,28)(H2,24,25,26). The number of guanidine groups is 1. The van der Waals surface area contributed by atoms with Gasteiger partial charge in [0.25, 0.3) is 0 Å². The van der Waals surface area contributed by atoms with E-state index >= 15 is 0 Å². The Labute approximate surface area is 177 Å². The smallest absolute Gasteiger partial charge is 0.238 e. The SMILES string of the molecule is Cc1ccccc1CNC(=NCc1ccc(S(N)(=O)=O)cc1)NCCc1ccco1. The summed E-state index contributed by atoms with van der Waals surface area (Å²) < 4.78 is 28.2. The summed E-state index contributed by atoms with van der Waals surface area (Å²) in [6.45, 7) is 3.78. The Morgan fingerprint density at radius 2 is 1.80 bits per heavy atom. The number of sulfonamides is 1. The zero-order chi connectivity index (χ0) is 21.4. The fraction of sp³-hybridized carbons (Fsp3) is 0.227. The van der Waals surface area contributed by atoms with E-state index in [2.05, 4.69) is 34.7 Å². The van der Waals surface area contributed by atoms with Crippen LogP contribution in [0.15, 0.2) is 81.2 Å². The first-order valence-electron chi connectivity index (χ1n) is 9.62. The number of nitrogens with two attached hydrogens (primary N) is 1. The van der Waals surface area contributed by atoms with Crippen molar-refractivity contribution in [2.24, 2.45) is 10.1 Å². The van der Waals surface area contributed by atoms with Gasteiger partial charge in [0.15, 0.2) is 5.96 Å². The molecule has 4 N–H and O–H groups in total. The molecule has 0 saturated heterocycles. The van der Waals surface area contributed by atoms with Crippen molar-refractivity contribution in [1.29, 1.82) is 0 Å². The topological polar surface area (TPSA) is 110 Å². The maximum atomic E-state index is 11.4. The van der Waals surface area contributed by atoms with Crippen molar-refractivity contribution in [1.82, 2.24) is 10.6 Å². The van der Waals surface area contributed by atoms with Crippen molar-refractivity contribution < 1.29 is 12.8 Å². The molecule has 0 atom stereocenters. The van der Waals surface area contributed by atoms with Crippen LogP contribution in [0.25, 0.3) is 0 Å². The van der Waals surface area contributed by atoms with Crippen molar-refractivity contribution in [2.75, 3.05) is 6.54 Å². The van der Waals surface area contributed by atoms with Gasteiger partial charge in [-0.15, -0.1) is 0 Å². The third kappa shape index (κ3) is 6.47. The Balaban J connectivity index is 1.66. The van der Waals surface area contributed by atoms with Gasteiger partial charge in [0.1, 0.15) is 5.76 Å². The number of hydrogen-bond acceptors (Lipinski definition) is 4. The van der Waals surface area contributed by atoms with E-state index in [0.29, 0.717) is 25.6 Å². The zero-order valence-corrected chi connectivity index (χ0v) is 17.7. The normalized spacial score (nSPS) is 12.0. The molecular weight excluding hydrogens is 400 g/mol. The molecule has 1 heterocycles. The van der Waals surface area contributed by atoms with E-state index in [1.807, 2.05) is 24.3 Å². The van der Waals surface area contributed by atoms with Gasteiger partial charge in [0, 0.05) is 19.5 Å². The number of benzene rings is 2. The molecular formula is C22H26N4O3S. The van der Waals surface area contributed by atoms with Crippen LogP contribution in [0.5, 0.6) is 0 Å². The van der Waals surface area contributed by atoms with Crippen molar-refractivity contribution in [3.8, 4) is 0 Å². The summed E-state index contributed by atoms with van der Waals surface area (Å²) in [7, 11) is -3.70. The molecule has 0 spiro atoms. The lowest BCUT2D eigenvalue weighted by molar-refractivity contribution is 0.506. The van der Waals surface area contributed by atoms with Crippen LogP contribution in [0.4, 0.5) is 0 Å². The fourth-order valence-electron chi connectivity index (χ4n) is 2.88. The lowest BCUT2D eigenvalue weighted by Crippen LogP contribution is -2.38. The van der Waals surface area contributed by atoms with E-state index in [9.17, 15) is 8.42 Å². The molecule has 0 aliphatic rings. The second-order valence-electron chi connectivity index (χ2n) is 6.89. The summed E-state index contributed by atoms with van der Waals surface area (Å²) in [6, 6.07) is 18.4. The summed E-state index contributed by atoms with van der Waals surface area (Å²) in [4.78, 5) is 4.72. The van der Waals surface area contributed by atoms with Gasteiger partial charge in [-0.2, -0.15) is 0 Å². The molecule has 0 amide bonds. The largest absolute Gasteiger partial charge is 0.469 e. The Morgan fingerprint density at radius 1 is 1.03 bits per heavy atom. The predicted molar refractivity (Wildman–Crippen MR) is 117 cm³/mol. The maximum Gasteiger partial charge on any atom is 0.238 e. The number of nitrogens with one attached hydrogen (secondary N) is 2. The van der Waals surface area contributed by atoms with E-state index in [-0.39, 0.29) is 4.90 Å². The molecule has 30 heavy (non-hydrogen) atoms. The highest BCUT2D eigenvalue weighted by Gasteiger charge is 2.07. The second kappa shape index (κ2) is 10.1. The molecule has 0 aliphatic carbocycles. The van der Waals surface area contributed by atoms with Gasteiger partial charge >= 0.3 is 0 Å². The Kier molecular flexibility index (Phi) is 7.26. The van der Waals surface area contributed by atoms with Crippen molar-refractivity contribution >= 4 is 16.0 Å². The minimum absolute atomic E-state index is 0.0877. The molecule has 0 saturated carbocycles. The minimum Gasteiger partial charge on any atom is -0.469 e. The molecule has 3 rings (SSSR count). The maximum absolute atomic E-state index is 11.4. The quantitative estimate of drug-likeness (QED) is 0.379. The average molecular weight is 427 g/mol.